The van der Waals surface area contributed by atoms with Gasteiger partial charge in [0.25, 0.3) is 0 Å². The summed E-state index contributed by atoms with van der Waals surface area (Å²) in [7, 11) is 1.45. The number of hydrogen-bond donors (Lipinski definition) is 4. The molecule has 0 aromatic rings. The van der Waals surface area contributed by atoms with Gasteiger partial charge in [0.05, 0.1) is 23.9 Å². The van der Waals surface area contributed by atoms with Crippen LogP contribution in [0.25, 0.3) is 0 Å². The molecule has 4 saturated carbocycles. The zero-order chi connectivity index (χ0) is 27.9. The Morgan fingerprint density at radius 2 is 1.77 bits per heavy atom. The van der Waals surface area contributed by atoms with E-state index in [9.17, 15) is 25.2 Å². The second-order valence-electron chi connectivity index (χ2n) is 13.8. The predicted octanol–water partition coefficient (Wildman–Crippen LogP) is 2.08. The van der Waals surface area contributed by atoms with Crippen molar-refractivity contribution >= 4 is 5.97 Å². The quantitative estimate of drug-likeness (QED) is 0.307. The standard InChI is InChI=1S/C30H46O9/c1-15-24(33)26(36-4)25(34)27(38-15)39-18-12-17-5-6-21-20(29(17,3)22(31)13-18)7-9-28(2)19(8-10-30(21,28)35)16-11-23(32)37-14-16/h11,15,17-22,24-27,31,33-35H,5-10,12-14H2,1-4H3/t15-,17-,18+,19+,20-,21+,22+,24-,25-,26-,27-,28+,29-,30+/m0/s1. The Morgan fingerprint density at radius 1 is 1.00 bits per heavy atom. The minimum Gasteiger partial charge on any atom is -0.458 e. The SMILES string of the molecule is CO[C@@H]1[C@H](O)[C@H](O[C@@H]2C[C@@H]3CC[C@@H]4[C@H](CC[C@]5(C)[C@@H](C6=CC(=O)OC6)CC[C@@]45O)[C@@]3(C)[C@H](O)C2)O[C@@H](C)[C@@H]1O. The highest BCUT2D eigenvalue weighted by molar-refractivity contribution is 5.85. The molecule has 0 aromatic carbocycles. The lowest BCUT2D eigenvalue weighted by Gasteiger charge is -2.64. The van der Waals surface area contributed by atoms with Crippen molar-refractivity contribution in [3.05, 3.63) is 11.6 Å². The maximum Gasteiger partial charge on any atom is 0.331 e. The Kier molecular flexibility index (Phi) is 7.02. The van der Waals surface area contributed by atoms with Crippen molar-refractivity contribution in [3.63, 3.8) is 0 Å². The molecule has 4 N–H and O–H groups in total. The zero-order valence-electron chi connectivity index (χ0n) is 23.6. The molecule has 0 aromatic heterocycles. The van der Waals surface area contributed by atoms with Gasteiger partial charge in [-0.2, -0.15) is 0 Å². The van der Waals surface area contributed by atoms with Gasteiger partial charge in [0.2, 0.25) is 0 Å². The molecule has 0 unspecified atom stereocenters. The van der Waals surface area contributed by atoms with Gasteiger partial charge in [-0.1, -0.05) is 13.8 Å². The molecule has 0 amide bonds. The van der Waals surface area contributed by atoms with Gasteiger partial charge in [-0.3, -0.25) is 0 Å². The van der Waals surface area contributed by atoms with Crippen molar-refractivity contribution in [2.24, 2.45) is 34.5 Å². The third kappa shape index (κ3) is 4.02. The molecule has 14 atom stereocenters. The number of esters is 1. The molecule has 6 aliphatic rings. The fraction of sp³-hybridized carbons (Fsp3) is 0.900. The van der Waals surface area contributed by atoms with Gasteiger partial charge in [-0.15, -0.1) is 0 Å². The van der Waals surface area contributed by atoms with Gasteiger partial charge < -0.3 is 39.4 Å². The first-order valence-electron chi connectivity index (χ1n) is 14.9. The van der Waals surface area contributed by atoms with Crippen LogP contribution < -0.4 is 0 Å². The Balaban J connectivity index is 1.19. The Labute approximate surface area is 230 Å². The molecular weight excluding hydrogens is 504 g/mol. The number of carbonyl (C=O) groups excluding carboxylic acids is 1. The van der Waals surface area contributed by atoms with Gasteiger partial charge in [0, 0.05) is 25.0 Å². The van der Waals surface area contributed by atoms with Gasteiger partial charge in [-0.25, -0.2) is 4.79 Å². The van der Waals surface area contributed by atoms with Crippen LogP contribution >= 0.6 is 0 Å². The summed E-state index contributed by atoms with van der Waals surface area (Å²) in [4.78, 5) is 11.8. The highest BCUT2D eigenvalue weighted by Crippen LogP contribution is 2.70. The molecule has 9 nitrogen and oxygen atoms in total. The largest absolute Gasteiger partial charge is 0.458 e. The van der Waals surface area contributed by atoms with Crippen LogP contribution in [-0.2, 0) is 23.7 Å². The molecule has 220 valence electrons. The maximum atomic E-state index is 12.4. The van der Waals surface area contributed by atoms with E-state index in [1.165, 1.54) is 7.11 Å². The van der Waals surface area contributed by atoms with Crippen molar-refractivity contribution in [1.29, 1.82) is 0 Å². The number of fused-ring (bicyclic) bond motifs is 5. The summed E-state index contributed by atoms with van der Waals surface area (Å²) in [6.07, 6.45) is 2.74. The lowest BCUT2D eigenvalue weighted by atomic mass is 9.42. The number of carbonyl (C=O) groups is 1. The third-order valence-electron chi connectivity index (χ3n) is 12.4. The molecule has 0 bridgehead atoms. The summed E-state index contributed by atoms with van der Waals surface area (Å²) in [6.45, 7) is 6.49. The normalized spacial score (nSPS) is 55.3. The van der Waals surface area contributed by atoms with Crippen LogP contribution in [0.2, 0.25) is 0 Å². The van der Waals surface area contributed by atoms with E-state index < -0.39 is 42.4 Å². The van der Waals surface area contributed by atoms with E-state index in [0.29, 0.717) is 19.4 Å². The summed E-state index contributed by atoms with van der Waals surface area (Å²) in [5.74, 6) is 0.393. The molecule has 4 aliphatic carbocycles. The molecule has 6 rings (SSSR count). The van der Waals surface area contributed by atoms with E-state index in [-0.39, 0.29) is 46.6 Å². The average molecular weight is 551 g/mol. The summed E-state index contributed by atoms with van der Waals surface area (Å²) >= 11 is 0. The van der Waals surface area contributed by atoms with Crippen LogP contribution in [0.3, 0.4) is 0 Å². The molecule has 5 fully saturated rings. The average Bonchev–Trinajstić information content (AvgIpc) is 3.43. The van der Waals surface area contributed by atoms with Crippen molar-refractivity contribution in [1.82, 2.24) is 0 Å². The first kappa shape index (κ1) is 28.1. The fourth-order valence-corrected chi connectivity index (χ4v) is 10.1. The van der Waals surface area contributed by atoms with Gasteiger partial charge in [0.1, 0.15) is 24.9 Å². The van der Waals surface area contributed by atoms with Crippen LogP contribution in [0.4, 0.5) is 0 Å². The van der Waals surface area contributed by atoms with E-state index in [0.717, 1.165) is 44.1 Å². The molecule has 1 saturated heterocycles. The third-order valence-corrected chi connectivity index (χ3v) is 12.4. The maximum absolute atomic E-state index is 12.4. The van der Waals surface area contributed by atoms with Crippen molar-refractivity contribution < 1.29 is 44.2 Å². The molecular formula is C30H46O9. The lowest BCUT2D eigenvalue weighted by Crippen LogP contribution is -2.65. The van der Waals surface area contributed by atoms with E-state index in [1.807, 2.05) is 0 Å². The Hall–Kier alpha value is -1.07. The molecule has 0 spiro atoms. The van der Waals surface area contributed by atoms with Gasteiger partial charge in [0.15, 0.2) is 6.29 Å². The number of cyclic esters (lactones) is 1. The van der Waals surface area contributed by atoms with E-state index in [2.05, 4.69) is 13.8 Å². The predicted molar refractivity (Wildman–Crippen MR) is 139 cm³/mol. The van der Waals surface area contributed by atoms with Crippen molar-refractivity contribution in [3.8, 4) is 0 Å². The highest BCUT2D eigenvalue weighted by atomic mass is 16.7. The van der Waals surface area contributed by atoms with E-state index in [4.69, 9.17) is 18.9 Å². The lowest BCUT2D eigenvalue weighted by molar-refractivity contribution is -0.317. The number of ether oxygens (including phenoxy) is 4. The van der Waals surface area contributed by atoms with Gasteiger partial charge in [-0.05, 0) is 86.5 Å². The fourth-order valence-electron chi connectivity index (χ4n) is 10.1. The second kappa shape index (κ2) is 9.75. The van der Waals surface area contributed by atoms with E-state index in [1.54, 1.807) is 13.0 Å². The summed E-state index contributed by atoms with van der Waals surface area (Å²) < 4.78 is 22.6. The van der Waals surface area contributed by atoms with Gasteiger partial charge >= 0.3 is 5.97 Å². The summed E-state index contributed by atoms with van der Waals surface area (Å²) in [5, 5.41) is 45.2. The van der Waals surface area contributed by atoms with Crippen LogP contribution in [0.5, 0.6) is 0 Å². The second-order valence-corrected chi connectivity index (χ2v) is 13.8. The van der Waals surface area contributed by atoms with E-state index >= 15 is 0 Å². The molecule has 2 aliphatic heterocycles. The Morgan fingerprint density at radius 3 is 2.46 bits per heavy atom. The van der Waals surface area contributed by atoms with Crippen LogP contribution in [0.15, 0.2) is 11.6 Å². The minimum atomic E-state index is -1.13. The molecule has 0 radical (unpaired) electrons. The van der Waals surface area contributed by atoms with Crippen LogP contribution in [0.1, 0.15) is 72.1 Å². The molecule has 39 heavy (non-hydrogen) atoms. The highest BCUT2D eigenvalue weighted by Gasteiger charge is 2.69. The topological polar surface area (TPSA) is 135 Å². The zero-order valence-corrected chi connectivity index (χ0v) is 23.6. The first-order chi connectivity index (χ1) is 18.4. The Bertz CT molecular complexity index is 1000. The van der Waals surface area contributed by atoms with Crippen molar-refractivity contribution in [2.45, 2.75) is 121 Å². The smallest absolute Gasteiger partial charge is 0.331 e. The monoisotopic (exact) mass is 550 g/mol. The van der Waals surface area contributed by atoms with Crippen LogP contribution in [0, 0.1) is 34.5 Å². The number of methoxy groups -OCH3 is 1. The number of aliphatic hydroxyl groups is 4. The van der Waals surface area contributed by atoms with Crippen LogP contribution in [-0.4, -0.2) is 88.6 Å². The summed E-state index contributed by atoms with van der Waals surface area (Å²) in [6, 6.07) is 0. The number of hydrogen-bond acceptors (Lipinski definition) is 9. The molecule has 2 heterocycles. The first-order valence-corrected chi connectivity index (χ1v) is 14.9. The molecule has 9 heteroatoms. The summed E-state index contributed by atoms with van der Waals surface area (Å²) in [5.41, 5.74) is -0.455. The minimum absolute atomic E-state index is 0.0986. The van der Waals surface area contributed by atoms with Crippen molar-refractivity contribution in [2.75, 3.05) is 13.7 Å². The number of aliphatic hydroxyl groups excluding tert-OH is 3. The number of rotatable bonds is 4.